The Bertz CT molecular complexity index is 539. The van der Waals surface area contributed by atoms with Crippen molar-refractivity contribution < 1.29 is 14.7 Å². The van der Waals surface area contributed by atoms with Crippen LogP contribution in [-0.4, -0.2) is 66.1 Å². The van der Waals surface area contributed by atoms with Crippen molar-refractivity contribution in [1.29, 1.82) is 0 Å². The van der Waals surface area contributed by atoms with Crippen molar-refractivity contribution in [1.82, 2.24) is 15.1 Å². The zero-order valence-corrected chi connectivity index (χ0v) is 12.6. The predicted molar refractivity (Wildman–Crippen MR) is 79.4 cm³/mol. The third kappa shape index (κ3) is 2.95. The van der Waals surface area contributed by atoms with E-state index in [0.717, 1.165) is 43.0 Å². The normalized spacial score (nSPS) is 22.9. The molecule has 0 aliphatic carbocycles. The Labute approximate surface area is 127 Å². The van der Waals surface area contributed by atoms with Crippen LogP contribution in [0.5, 0.6) is 0 Å². The average Bonchev–Trinajstić information content (AvgIpc) is 2.95. The van der Waals surface area contributed by atoms with Crippen LogP contribution in [-0.2, 0) is 16.0 Å². The van der Waals surface area contributed by atoms with E-state index in [4.69, 9.17) is 0 Å². The van der Waals surface area contributed by atoms with Crippen molar-refractivity contribution in [2.75, 3.05) is 39.3 Å². The van der Waals surface area contributed by atoms with E-state index in [9.17, 15) is 14.7 Å². The number of thiophene rings is 1. The summed E-state index contributed by atoms with van der Waals surface area (Å²) in [5.41, 5.74) is 0.785. The van der Waals surface area contributed by atoms with Gasteiger partial charge in [0.15, 0.2) is 6.04 Å². The van der Waals surface area contributed by atoms with Gasteiger partial charge in [0.2, 0.25) is 5.91 Å². The maximum Gasteiger partial charge on any atom is 0.331 e. The SMILES string of the molecule is O=C(O)C1c2ccsc2CCN1C(=O)CN1CCNCC1. The van der Waals surface area contributed by atoms with Crippen LogP contribution in [0, 0.1) is 0 Å². The first kappa shape index (κ1) is 14.5. The number of carboxylic acid groups (broad SMARTS) is 1. The Morgan fingerprint density at radius 1 is 1.33 bits per heavy atom. The zero-order valence-electron chi connectivity index (χ0n) is 11.7. The van der Waals surface area contributed by atoms with Crippen molar-refractivity contribution in [3.05, 3.63) is 21.9 Å². The molecule has 1 aromatic heterocycles. The number of amides is 1. The first-order valence-corrected chi connectivity index (χ1v) is 8.06. The summed E-state index contributed by atoms with van der Waals surface area (Å²) in [6.45, 7) is 4.23. The monoisotopic (exact) mass is 309 g/mol. The Morgan fingerprint density at radius 2 is 2.10 bits per heavy atom. The van der Waals surface area contributed by atoms with E-state index < -0.39 is 12.0 Å². The molecule has 2 aliphatic rings. The predicted octanol–water partition coefficient (Wildman–Crippen LogP) is 0.164. The molecule has 3 rings (SSSR count). The summed E-state index contributed by atoms with van der Waals surface area (Å²) in [6.07, 6.45) is 0.754. The maximum absolute atomic E-state index is 12.5. The number of carbonyl (C=O) groups is 2. The number of rotatable bonds is 3. The van der Waals surface area contributed by atoms with Gasteiger partial charge >= 0.3 is 5.97 Å². The first-order chi connectivity index (χ1) is 10.2. The van der Waals surface area contributed by atoms with Gasteiger partial charge in [-0.25, -0.2) is 4.79 Å². The van der Waals surface area contributed by atoms with Crippen LogP contribution in [0.25, 0.3) is 0 Å². The second kappa shape index (κ2) is 6.13. The molecule has 6 nitrogen and oxygen atoms in total. The second-order valence-corrected chi connectivity index (χ2v) is 6.40. The molecule has 21 heavy (non-hydrogen) atoms. The van der Waals surface area contributed by atoms with Gasteiger partial charge in [-0.05, 0) is 23.4 Å². The highest BCUT2D eigenvalue weighted by molar-refractivity contribution is 7.10. The summed E-state index contributed by atoms with van der Waals surface area (Å²) in [6, 6.07) is 1.01. The van der Waals surface area contributed by atoms with E-state index in [1.807, 2.05) is 11.4 Å². The molecule has 2 aliphatic heterocycles. The molecular weight excluding hydrogens is 290 g/mol. The smallest absolute Gasteiger partial charge is 0.331 e. The number of hydrogen-bond acceptors (Lipinski definition) is 5. The maximum atomic E-state index is 12.5. The lowest BCUT2D eigenvalue weighted by molar-refractivity contribution is -0.151. The molecule has 7 heteroatoms. The molecule has 0 saturated carbocycles. The Kier molecular flexibility index (Phi) is 4.23. The summed E-state index contributed by atoms with van der Waals surface area (Å²) in [7, 11) is 0. The number of nitrogens with zero attached hydrogens (tertiary/aromatic N) is 2. The van der Waals surface area contributed by atoms with Crippen LogP contribution in [0.3, 0.4) is 0 Å². The topological polar surface area (TPSA) is 72.9 Å². The van der Waals surface area contributed by atoms with E-state index in [1.165, 1.54) is 4.90 Å². The standard InChI is InChI=1S/C14H19N3O3S/c18-12(9-16-6-3-15-4-7-16)17-5-1-11-10(2-8-21-11)13(17)14(19)20/h2,8,13,15H,1,3-7,9H2,(H,19,20). The molecule has 1 saturated heterocycles. The van der Waals surface area contributed by atoms with Gasteiger partial charge in [0.1, 0.15) is 0 Å². The van der Waals surface area contributed by atoms with Crippen LogP contribution < -0.4 is 5.32 Å². The number of carboxylic acids is 1. The number of nitrogens with one attached hydrogen (secondary N) is 1. The van der Waals surface area contributed by atoms with Crippen LogP contribution in [0.4, 0.5) is 0 Å². The van der Waals surface area contributed by atoms with E-state index in [2.05, 4.69) is 10.2 Å². The van der Waals surface area contributed by atoms with E-state index in [1.54, 1.807) is 11.3 Å². The molecule has 2 N–H and O–H groups in total. The average molecular weight is 309 g/mol. The lowest BCUT2D eigenvalue weighted by Crippen LogP contribution is -2.51. The van der Waals surface area contributed by atoms with Crippen LogP contribution >= 0.6 is 11.3 Å². The number of hydrogen-bond donors (Lipinski definition) is 2. The van der Waals surface area contributed by atoms with Gasteiger partial charge in [0.25, 0.3) is 0 Å². The van der Waals surface area contributed by atoms with Crippen molar-refractivity contribution >= 4 is 23.2 Å². The number of fused-ring (bicyclic) bond motifs is 1. The summed E-state index contributed by atoms with van der Waals surface area (Å²) >= 11 is 1.58. The largest absolute Gasteiger partial charge is 0.479 e. The molecule has 1 atom stereocenters. The molecule has 114 valence electrons. The van der Waals surface area contributed by atoms with Gasteiger partial charge in [-0.15, -0.1) is 11.3 Å². The first-order valence-electron chi connectivity index (χ1n) is 7.18. The van der Waals surface area contributed by atoms with Crippen molar-refractivity contribution in [3.63, 3.8) is 0 Å². The van der Waals surface area contributed by atoms with Gasteiger partial charge < -0.3 is 15.3 Å². The summed E-state index contributed by atoms with van der Waals surface area (Å²) < 4.78 is 0. The molecule has 0 aromatic carbocycles. The zero-order chi connectivity index (χ0) is 14.8. The van der Waals surface area contributed by atoms with Gasteiger partial charge in [-0.3, -0.25) is 9.69 Å². The third-order valence-corrected chi connectivity index (χ3v) is 5.09. The fourth-order valence-electron chi connectivity index (χ4n) is 3.00. The van der Waals surface area contributed by atoms with Gasteiger partial charge in [-0.2, -0.15) is 0 Å². The highest BCUT2D eigenvalue weighted by Gasteiger charge is 2.36. The lowest BCUT2D eigenvalue weighted by Gasteiger charge is -2.35. The summed E-state index contributed by atoms with van der Waals surface area (Å²) in [5, 5.41) is 14.7. The molecule has 1 unspecified atom stereocenters. The number of piperazine rings is 1. The van der Waals surface area contributed by atoms with Gasteiger partial charge in [-0.1, -0.05) is 0 Å². The highest BCUT2D eigenvalue weighted by atomic mass is 32.1. The minimum absolute atomic E-state index is 0.0823. The number of carbonyl (C=O) groups excluding carboxylic acids is 1. The van der Waals surface area contributed by atoms with Crippen LogP contribution in [0.1, 0.15) is 16.5 Å². The highest BCUT2D eigenvalue weighted by Crippen LogP contribution is 2.33. The molecule has 3 heterocycles. The lowest BCUT2D eigenvalue weighted by atomic mass is 10.00. The molecule has 0 spiro atoms. The molecule has 0 bridgehead atoms. The van der Waals surface area contributed by atoms with E-state index >= 15 is 0 Å². The van der Waals surface area contributed by atoms with Crippen LogP contribution in [0.15, 0.2) is 11.4 Å². The fourth-order valence-corrected chi connectivity index (χ4v) is 3.91. The molecule has 0 radical (unpaired) electrons. The van der Waals surface area contributed by atoms with E-state index in [-0.39, 0.29) is 5.91 Å². The fraction of sp³-hybridized carbons (Fsp3) is 0.571. The molecule has 1 amide bonds. The second-order valence-electron chi connectivity index (χ2n) is 5.40. The minimum Gasteiger partial charge on any atom is -0.479 e. The van der Waals surface area contributed by atoms with Gasteiger partial charge in [0.05, 0.1) is 6.54 Å². The van der Waals surface area contributed by atoms with Crippen LogP contribution in [0.2, 0.25) is 0 Å². The van der Waals surface area contributed by atoms with Gasteiger partial charge in [0, 0.05) is 37.6 Å². The quantitative estimate of drug-likeness (QED) is 0.832. The Morgan fingerprint density at radius 3 is 2.81 bits per heavy atom. The van der Waals surface area contributed by atoms with Crippen molar-refractivity contribution in [3.8, 4) is 0 Å². The molecular formula is C14H19N3O3S. The van der Waals surface area contributed by atoms with Crippen molar-refractivity contribution in [2.45, 2.75) is 12.5 Å². The Hall–Kier alpha value is -1.44. The number of aliphatic carboxylic acids is 1. The molecule has 1 aromatic rings. The summed E-state index contributed by atoms with van der Waals surface area (Å²) in [5.74, 6) is -1.02. The summed E-state index contributed by atoms with van der Waals surface area (Å²) in [4.78, 5) is 28.8. The minimum atomic E-state index is -0.942. The Balaban J connectivity index is 1.74. The van der Waals surface area contributed by atoms with E-state index in [0.29, 0.717) is 13.1 Å². The van der Waals surface area contributed by atoms with Crippen molar-refractivity contribution in [2.24, 2.45) is 0 Å². The third-order valence-electron chi connectivity index (χ3n) is 4.09. The molecule has 1 fully saturated rings.